The SMILES string of the molecule is COc1cccc(N2CCN(C(=O)c3cnc(N4CCCC4)nc3C)CC2)c1. The van der Waals surface area contributed by atoms with E-state index in [2.05, 4.69) is 25.8 Å². The lowest BCUT2D eigenvalue weighted by Gasteiger charge is -2.36. The number of rotatable bonds is 4. The highest BCUT2D eigenvalue weighted by atomic mass is 16.5. The van der Waals surface area contributed by atoms with Crippen LogP contribution in [0.1, 0.15) is 28.9 Å². The van der Waals surface area contributed by atoms with Gasteiger partial charge in [-0.1, -0.05) is 6.07 Å². The lowest BCUT2D eigenvalue weighted by Crippen LogP contribution is -2.49. The highest BCUT2D eigenvalue weighted by molar-refractivity contribution is 5.95. The van der Waals surface area contributed by atoms with Gasteiger partial charge in [-0.15, -0.1) is 0 Å². The fraction of sp³-hybridized carbons (Fsp3) is 0.476. The molecule has 0 bridgehead atoms. The molecular weight excluding hydrogens is 354 g/mol. The molecule has 0 saturated carbocycles. The Hall–Kier alpha value is -2.83. The Kier molecular flexibility index (Phi) is 5.32. The van der Waals surface area contributed by atoms with Crippen LogP contribution in [0.2, 0.25) is 0 Å². The summed E-state index contributed by atoms with van der Waals surface area (Å²) in [4.78, 5) is 28.4. The summed E-state index contributed by atoms with van der Waals surface area (Å²) < 4.78 is 5.31. The second-order valence-electron chi connectivity index (χ2n) is 7.34. The van der Waals surface area contributed by atoms with Gasteiger partial charge in [0.05, 0.1) is 18.4 Å². The Morgan fingerprint density at radius 1 is 1.04 bits per heavy atom. The number of anilines is 2. The van der Waals surface area contributed by atoms with Crippen molar-refractivity contribution in [3.05, 3.63) is 41.7 Å². The number of ether oxygens (including phenoxy) is 1. The lowest BCUT2D eigenvalue weighted by atomic mass is 10.2. The van der Waals surface area contributed by atoms with Crippen molar-refractivity contribution in [2.45, 2.75) is 19.8 Å². The van der Waals surface area contributed by atoms with Crippen LogP contribution in [-0.4, -0.2) is 67.2 Å². The van der Waals surface area contributed by atoms with Gasteiger partial charge < -0.3 is 19.4 Å². The number of carbonyl (C=O) groups is 1. The molecule has 2 fully saturated rings. The van der Waals surface area contributed by atoms with Gasteiger partial charge in [-0.25, -0.2) is 9.97 Å². The molecule has 0 atom stereocenters. The van der Waals surface area contributed by atoms with E-state index < -0.39 is 0 Å². The van der Waals surface area contributed by atoms with E-state index in [9.17, 15) is 4.79 Å². The third-order valence-electron chi connectivity index (χ3n) is 5.57. The van der Waals surface area contributed by atoms with Crippen LogP contribution >= 0.6 is 0 Å². The third-order valence-corrected chi connectivity index (χ3v) is 5.57. The predicted octanol–water partition coefficient (Wildman–Crippen LogP) is 2.36. The molecule has 0 unspecified atom stereocenters. The molecule has 1 aromatic carbocycles. The summed E-state index contributed by atoms with van der Waals surface area (Å²) in [6.07, 6.45) is 4.06. The van der Waals surface area contributed by atoms with E-state index in [4.69, 9.17) is 4.74 Å². The molecule has 0 spiro atoms. The number of methoxy groups -OCH3 is 1. The topological polar surface area (TPSA) is 61.8 Å². The molecule has 4 rings (SSSR count). The molecule has 0 N–H and O–H groups in total. The smallest absolute Gasteiger partial charge is 0.257 e. The number of nitrogens with zero attached hydrogens (tertiary/aromatic N) is 5. The van der Waals surface area contributed by atoms with Crippen molar-refractivity contribution in [2.75, 3.05) is 56.2 Å². The Balaban J connectivity index is 1.41. The van der Waals surface area contributed by atoms with Crippen molar-refractivity contribution in [3.63, 3.8) is 0 Å². The van der Waals surface area contributed by atoms with Crippen molar-refractivity contribution in [1.82, 2.24) is 14.9 Å². The number of aromatic nitrogens is 2. The van der Waals surface area contributed by atoms with Gasteiger partial charge in [0.25, 0.3) is 5.91 Å². The number of hydrogen-bond donors (Lipinski definition) is 0. The van der Waals surface area contributed by atoms with Gasteiger partial charge in [-0.3, -0.25) is 4.79 Å². The molecule has 0 aliphatic carbocycles. The predicted molar refractivity (Wildman–Crippen MR) is 109 cm³/mol. The average molecular weight is 381 g/mol. The molecule has 1 aromatic heterocycles. The number of benzene rings is 1. The van der Waals surface area contributed by atoms with E-state index in [-0.39, 0.29) is 5.91 Å². The molecule has 1 amide bonds. The van der Waals surface area contributed by atoms with Crippen LogP contribution in [0.4, 0.5) is 11.6 Å². The van der Waals surface area contributed by atoms with Crippen molar-refractivity contribution in [2.24, 2.45) is 0 Å². The van der Waals surface area contributed by atoms with Crippen LogP contribution in [0.15, 0.2) is 30.5 Å². The minimum Gasteiger partial charge on any atom is -0.497 e. The van der Waals surface area contributed by atoms with Crippen LogP contribution in [0.3, 0.4) is 0 Å². The number of aryl methyl sites for hydroxylation is 1. The molecule has 0 radical (unpaired) electrons. The zero-order valence-corrected chi connectivity index (χ0v) is 16.6. The van der Waals surface area contributed by atoms with E-state index in [1.165, 1.54) is 12.8 Å². The summed E-state index contributed by atoms with van der Waals surface area (Å²) in [5.74, 6) is 1.62. The first-order valence-corrected chi connectivity index (χ1v) is 9.92. The summed E-state index contributed by atoms with van der Waals surface area (Å²) in [6.45, 7) is 6.86. The van der Waals surface area contributed by atoms with E-state index in [1.807, 2.05) is 30.0 Å². The fourth-order valence-corrected chi connectivity index (χ4v) is 3.88. The van der Waals surface area contributed by atoms with Crippen LogP contribution in [-0.2, 0) is 0 Å². The number of amides is 1. The minimum absolute atomic E-state index is 0.0239. The number of carbonyl (C=O) groups excluding carboxylic acids is 1. The molecule has 28 heavy (non-hydrogen) atoms. The van der Waals surface area contributed by atoms with Gasteiger partial charge in [0, 0.05) is 57.2 Å². The number of piperazine rings is 1. The molecule has 2 aliphatic rings. The van der Waals surface area contributed by atoms with Gasteiger partial charge in [0.1, 0.15) is 5.75 Å². The second-order valence-corrected chi connectivity index (χ2v) is 7.34. The van der Waals surface area contributed by atoms with Crippen LogP contribution in [0.5, 0.6) is 5.75 Å². The first kappa shape index (κ1) is 18.5. The lowest BCUT2D eigenvalue weighted by molar-refractivity contribution is 0.0745. The summed E-state index contributed by atoms with van der Waals surface area (Å²) in [6, 6.07) is 8.05. The number of hydrogen-bond acceptors (Lipinski definition) is 6. The molecule has 2 aromatic rings. The monoisotopic (exact) mass is 381 g/mol. The molecule has 148 valence electrons. The molecule has 2 aliphatic heterocycles. The zero-order valence-electron chi connectivity index (χ0n) is 16.6. The maximum atomic E-state index is 13.0. The van der Waals surface area contributed by atoms with Crippen LogP contribution < -0.4 is 14.5 Å². The van der Waals surface area contributed by atoms with E-state index in [0.29, 0.717) is 18.7 Å². The van der Waals surface area contributed by atoms with Crippen molar-refractivity contribution >= 4 is 17.5 Å². The van der Waals surface area contributed by atoms with E-state index in [0.717, 1.165) is 49.3 Å². The Morgan fingerprint density at radius 3 is 2.46 bits per heavy atom. The first-order chi connectivity index (χ1) is 13.7. The van der Waals surface area contributed by atoms with Gasteiger partial charge in [-0.2, -0.15) is 0 Å². The third kappa shape index (κ3) is 3.74. The van der Waals surface area contributed by atoms with Crippen molar-refractivity contribution in [3.8, 4) is 5.75 Å². The van der Waals surface area contributed by atoms with E-state index in [1.54, 1.807) is 13.3 Å². The molecule has 3 heterocycles. The van der Waals surface area contributed by atoms with Gasteiger partial charge in [-0.05, 0) is 31.9 Å². The maximum Gasteiger partial charge on any atom is 0.257 e. The quantitative estimate of drug-likeness (QED) is 0.810. The highest BCUT2D eigenvalue weighted by Crippen LogP contribution is 2.23. The summed E-state index contributed by atoms with van der Waals surface area (Å²) in [5.41, 5.74) is 2.50. The summed E-state index contributed by atoms with van der Waals surface area (Å²) in [5, 5.41) is 0. The standard InChI is InChI=1S/C21H27N5O2/c1-16-19(15-22-21(23-16)26-8-3-4-9-26)20(27)25-12-10-24(11-13-25)17-6-5-7-18(14-17)28-2/h5-7,14-15H,3-4,8-13H2,1-2H3. The average Bonchev–Trinajstić information content (AvgIpc) is 3.28. The van der Waals surface area contributed by atoms with Crippen molar-refractivity contribution in [1.29, 1.82) is 0 Å². The molecular formula is C21H27N5O2. The fourth-order valence-electron chi connectivity index (χ4n) is 3.88. The largest absolute Gasteiger partial charge is 0.497 e. The Bertz CT molecular complexity index is 842. The Morgan fingerprint density at radius 2 is 1.79 bits per heavy atom. The normalized spacial score (nSPS) is 17.1. The molecule has 7 nitrogen and oxygen atoms in total. The molecule has 2 saturated heterocycles. The summed E-state index contributed by atoms with van der Waals surface area (Å²) in [7, 11) is 1.68. The van der Waals surface area contributed by atoms with Gasteiger partial charge in [0.15, 0.2) is 0 Å². The summed E-state index contributed by atoms with van der Waals surface area (Å²) >= 11 is 0. The van der Waals surface area contributed by atoms with Crippen LogP contribution in [0, 0.1) is 6.92 Å². The zero-order chi connectivity index (χ0) is 19.5. The van der Waals surface area contributed by atoms with Crippen LogP contribution in [0.25, 0.3) is 0 Å². The molecule has 7 heteroatoms. The Labute approximate surface area is 165 Å². The minimum atomic E-state index is 0.0239. The van der Waals surface area contributed by atoms with E-state index >= 15 is 0 Å². The maximum absolute atomic E-state index is 13.0. The highest BCUT2D eigenvalue weighted by Gasteiger charge is 2.25. The second kappa shape index (κ2) is 8.04. The van der Waals surface area contributed by atoms with Gasteiger partial charge in [0.2, 0.25) is 5.95 Å². The first-order valence-electron chi connectivity index (χ1n) is 9.92. The van der Waals surface area contributed by atoms with Crippen molar-refractivity contribution < 1.29 is 9.53 Å². The van der Waals surface area contributed by atoms with Gasteiger partial charge >= 0.3 is 0 Å².